The molecule has 0 spiro atoms. The van der Waals surface area contributed by atoms with Crippen molar-refractivity contribution in [2.75, 3.05) is 18.5 Å². The van der Waals surface area contributed by atoms with Crippen molar-refractivity contribution >= 4 is 17.5 Å². The van der Waals surface area contributed by atoms with Crippen molar-refractivity contribution in [1.29, 1.82) is 0 Å². The second kappa shape index (κ2) is 6.41. The van der Waals surface area contributed by atoms with Gasteiger partial charge in [-0.3, -0.25) is 0 Å². The highest BCUT2D eigenvalue weighted by molar-refractivity contribution is 6.30. The first-order valence-electron chi connectivity index (χ1n) is 7.04. The molecule has 2 aromatic rings. The number of hydrogen-bond donors (Lipinski definition) is 1. The zero-order valence-corrected chi connectivity index (χ0v) is 12.6. The minimum Gasteiger partial charge on any atom is -0.370 e. The molecular formula is C14H18ClN5O. The molecule has 2 aromatic heterocycles. The highest BCUT2D eigenvalue weighted by Gasteiger charge is 2.30. The zero-order valence-electron chi connectivity index (χ0n) is 11.9. The highest BCUT2D eigenvalue weighted by Crippen LogP contribution is 2.32. The first kappa shape index (κ1) is 14.3. The molecular weight excluding hydrogens is 290 g/mol. The topological polar surface area (TPSA) is 64.9 Å². The summed E-state index contributed by atoms with van der Waals surface area (Å²) in [6.07, 6.45) is 9.10. The van der Waals surface area contributed by atoms with E-state index in [0.29, 0.717) is 16.9 Å². The number of hydrogen-bond acceptors (Lipinski definition) is 5. The molecule has 2 atom stereocenters. The maximum Gasteiger partial charge on any atom is 0.222 e. The third-order valence-corrected chi connectivity index (χ3v) is 3.90. The second-order valence-corrected chi connectivity index (χ2v) is 5.63. The van der Waals surface area contributed by atoms with Crippen LogP contribution in [0.1, 0.15) is 24.8 Å². The molecule has 0 bridgehead atoms. The number of aromatic nitrogens is 4. The van der Waals surface area contributed by atoms with Gasteiger partial charge < -0.3 is 14.6 Å². The largest absolute Gasteiger partial charge is 0.370 e. The van der Waals surface area contributed by atoms with Crippen molar-refractivity contribution in [2.45, 2.75) is 18.9 Å². The van der Waals surface area contributed by atoms with Gasteiger partial charge in [-0.1, -0.05) is 11.6 Å². The number of rotatable bonds is 4. The average Bonchev–Trinajstić information content (AvgIpc) is 2.93. The normalized spacial score (nSPS) is 22.2. The Labute approximate surface area is 128 Å². The van der Waals surface area contributed by atoms with Crippen LogP contribution in [-0.4, -0.2) is 32.7 Å². The SMILES string of the molecule is Cn1ccnc1[C@@H]1OCCC[C@H]1CNc1ncc(Cl)cn1. The first-order chi connectivity index (χ1) is 10.2. The Balaban J connectivity index is 1.67. The second-order valence-electron chi connectivity index (χ2n) is 5.20. The van der Waals surface area contributed by atoms with E-state index in [1.807, 2.05) is 17.8 Å². The monoisotopic (exact) mass is 307 g/mol. The van der Waals surface area contributed by atoms with E-state index in [-0.39, 0.29) is 6.10 Å². The Hall–Kier alpha value is -1.66. The molecule has 1 saturated heterocycles. The van der Waals surface area contributed by atoms with Crippen LogP contribution in [0.25, 0.3) is 0 Å². The maximum absolute atomic E-state index is 5.94. The highest BCUT2D eigenvalue weighted by atomic mass is 35.5. The minimum atomic E-state index is 0.0125. The summed E-state index contributed by atoms with van der Waals surface area (Å²) in [5, 5.41) is 3.79. The van der Waals surface area contributed by atoms with Gasteiger partial charge in [0.1, 0.15) is 11.9 Å². The number of aryl methyl sites for hydroxylation is 1. The van der Waals surface area contributed by atoms with Crippen molar-refractivity contribution in [2.24, 2.45) is 13.0 Å². The van der Waals surface area contributed by atoms with Crippen LogP contribution < -0.4 is 5.32 Å². The Bertz CT molecular complexity index is 585. The van der Waals surface area contributed by atoms with Crippen LogP contribution in [0.3, 0.4) is 0 Å². The van der Waals surface area contributed by atoms with Gasteiger partial charge in [0.25, 0.3) is 0 Å². The molecule has 21 heavy (non-hydrogen) atoms. The van der Waals surface area contributed by atoms with E-state index in [4.69, 9.17) is 16.3 Å². The Morgan fingerprint density at radius 1 is 1.38 bits per heavy atom. The van der Waals surface area contributed by atoms with Crippen LogP contribution in [0.4, 0.5) is 5.95 Å². The van der Waals surface area contributed by atoms with Crippen molar-refractivity contribution < 1.29 is 4.74 Å². The van der Waals surface area contributed by atoms with Crippen LogP contribution in [-0.2, 0) is 11.8 Å². The summed E-state index contributed by atoms with van der Waals surface area (Å²) < 4.78 is 7.95. The van der Waals surface area contributed by atoms with E-state index in [2.05, 4.69) is 20.3 Å². The summed E-state index contributed by atoms with van der Waals surface area (Å²) in [6, 6.07) is 0. The van der Waals surface area contributed by atoms with E-state index in [9.17, 15) is 0 Å². The predicted molar refractivity (Wildman–Crippen MR) is 80.2 cm³/mol. The summed E-state index contributed by atoms with van der Waals surface area (Å²) in [6.45, 7) is 1.53. The summed E-state index contributed by atoms with van der Waals surface area (Å²) in [4.78, 5) is 12.7. The Morgan fingerprint density at radius 3 is 2.90 bits per heavy atom. The Morgan fingerprint density at radius 2 is 2.19 bits per heavy atom. The number of nitrogens with zero attached hydrogens (tertiary/aromatic N) is 4. The molecule has 7 heteroatoms. The van der Waals surface area contributed by atoms with Crippen molar-refractivity contribution in [3.05, 3.63) is 35.6 Å². The van der Waals surface area contributed by atoms with Gasteiger partial charge in [-0.25, -0.2) is 15.0 Å². The molecule has 1 aliphatic heterocycles. The molecule has 0 saturated carbocycles. The molecule has 0 aliphatic carbocycles. The third kappa shape index (κ3) is 3.33. The molecule has 0 unspecified atom stereocenters. The third-order valence-electron chi connectivity index (χ3n) is 3.70. The lowest BCUT2D eigenvalue weighted by atomic mass is 9.93. The molecule has 112 valence electrons. The van der Waals surface area contributed by atoms with Crippen LogP contribution >= 0.6 is 11.6 Å². The number of imidazole rings is 1. The summed E-state index contributed by atoms with van der Waals surface area (Å²) in [7, 11) is 1.99. The van der Waals surface area contributed by atoms with Crippen LogP contribution in [0, 0.1) is 5.92 Å². The summed E-state index contributed by atoms with van der Waals surface area (Å²) >= 11 is 5.78. The van der Waals surface area contributed by atoms with Gasteiger partial charge in [-0.15, -0.1) is 0 Å². The molecule has 3 rings (SSSR count). The lowest BCUT2D eigenvalue weighted by Gasteiger charge is -2.31. The van der Waals surface area contributed by atoms with E-state index in [0.717, 1.165) is 31.8 Å². The molecule has 1 fully saturated rings. The van der Waals surface area contributed by atoms with Crippen LogP contribution in [0.15, 0.2) is 24.8 Å². The number of halogens is 1. The average molecular weight is 308 g/mol. The van der Waals surface area contributed by atoms with Gasteiger partial charge in [0, 0.05) is 38.5 Å². The smallest absolute Gasteiger partial charge is 0.222 e. The molecule has 6 nitrogen and oxygen atoms in total. The lowest BCUT2D eigenvalue weighted by Crippen LogP contribution is -2.30. The molecule has 0 amide bonds. The minimum absolute atomic E-state index is 0.0125. The van der Waals surface area contributed by atoms with Gasteiger partial charge >= 0.3 is 0 Å². The van der Waals surface area contributed by atoms with E-state index in [1.54, 1.807) is 18.6 Å². The number of anilines is 1. The lowest BCUT2D eigenvalue weighted by molar-refractivity contribution is -0.0305. The molecule has 3 heterocycles. The fraction of sp³-hybridized carbons (Fsp3) is 0.500. The first-order valence-corrected chi connectivity index (χ1v) is 7.42. The van der Waals surface area contributed by atoms with Crippen molar-refractivity contribution in [3.63, 3.8) is 0 Å². The van der Waals surface area contributed by atoms with Crippen molar-refractivity contribution in [3.8, 4) is 0 Å². The summed E-state index contributed by atoms with van der Waals surface area (Å²) in [5.74, 6) is 1.90. The van der Waals surface area contributed by atoms with Gasteiger partial charge in [-0.2, -0.15) is 0 Å². The van der Waals surface area contributed by atoms with Gasteiger partial charge in [-0.05, 0) is 12.8 Å². The van der Waals surface area contributed by atoms with Gasteiger partial charge in [0.2, 0.25) is 5.95 Å². The van der Waals surface area contributed by atoms with Gasteiger partial charge in [0.15, 0.2) is 0 Å². The van der Waals surface area contributed by atoms with Gasteiger partial charge in [0.05, 0.1) is 17.4 Å². The molecule has 0 aromatic carbocycles. The van der Waals surface area contributed by atoms with E-state index < -0.39 is 0 Å². The number of nitrogens with one attached hydrogen (secondary N) is 1. The Kier molecular flexibility index (Phi) is 4.36. The predicted octanol–water partition coefficient (Wildman–Crippen LogP) is 2.44. The maximum atomic E-state index is 5.94. The fourth-order valence-electron chi connectivity index (χ4n) is 2.61. The van der Waals surface area contributed by atoms with Crippen molar-refractivity contribution in [1.82, 2.24) is 19.5 Å². The quantitative estimate of drug-likeness (QED) is 0.940. The molecule has 1 N–H and O–H groups in total. The van der Waals surface area contributed by atoms with Crippen LogP contribution in [0.2, 0.25) is 5.02 Å². The molecule has 0 radical (unpaired) electrons. The molecule has 1 aliphatic rings. The zero-order chi connectivity index (χ0) is 14.7. The number of ether oxygens (including phenoxy) is 1. The van der Waals surface area contributed by atoms with E-state index >= 15 is 0 Å². The van der Waals surface area contributed by atoms with Crippen LogP contribution in [0.5, 0.6) is 0 Å². The van der Waals surface area contributed by atoms with E-state index in [1.165, 1.54) is 0 Å². The standard InChI is InChI=1S/C14H18ClN5O/c1-20-5-4-16-13(20)12-10(3-2-6-21-12)7-17-14-18-8-11(15)9-19-14/h4-5,8-10,12H,2-3,6-7H2,1H3,(H,17,18,19)/t10-,12+/m0/s1. The summed E-state index contributed by atoms with van der Waals surface area (Å²) in [5.41, 5.74) is 0. The fourth-order valence-corrected chi connectivity index (χ4v) is 2.71.